The van der Waals surface area contributed by atoms with E-state index in [1.807, 2.05) is 6.92 Å². The van der Waals surface area contributed by atoms with Gasteiger partial charge in [0.2, 0.25) is 5.95 Å². The van der Waals surface area contributed by atoms with E-state index in [2.05, 4.69) is 20.0 Å². The average Bonchev–Trinajstić information content (AvgIpc) is 3.49. The van der Waals surface area contributed by atoms with Gasteiger partial charge in [0.05, 0.1) is 24.9 Å². The Labute approximate surface area is 253 Å². The molecule has 0 bridgehead atoms. The van der Waals surface area contributed by atoms with Crippen molar-refractivity contribution in [3.63, 3.8) is 0 Å². The highest BCUT2D eigenvalue weighted by Crippen LogP contribution is 2.49. The number of ether oxygens (including phenoxy) is 2. The number of esters is 1. The molecule has 0 saturated carbocycles. The zero-order valence-corrected chi connectivity index (χ0v) is 26.0. The van der Waals surface area contributed by atoms with Gasteiger partial charge in [-0.05, 0) is 39.8 Å². The van der Waals surface area contributed by atoms with Gasteiger partial charge in [-0.3, -0.25) is 13.9 Å². The van der Waals surface area contributed by atoms with Crippen molar-refractivity contribution in [3.05, 3.63) is 36.7 Å². The Kier molecular flexibility index (Phi) is 10.1. The summed E-state index contributed by atoms with van der Waals surface area (Å²) in [6, 6.07) is 6.95. The van der Waals surface area contributed by atoms with Crippen LogP contribution in [0.3, 0.4) is 0 Å². The molecule has 0 radical (unpaired) electrons. The molecule has 1 saturated heterocycles. The van der Waals surface area contributed by atoms with Gasteiger partial charge in [-0.15, -0.1) is 11.6 Å². The van der Waals surface area contributed by atoms with Crippen LogP contribution in [0.4, 0.5) is 16.2 Å². The molecule has 236 valence electrons. The van der Waals surface area contributed by atoms with Crippen molar-refractivity contribution < 1.29 is 37.4 Å². The highest BCUT2D eigenvalue weighted by molar-refractivity contribution is 7.52. The van der Waals surface area contributed by atoms with Gasteiger partial charge in [0, 0.05) is 13.6 Å². The van der Waals surface area contributed by atoms with E-state index in [4.69, 9.17) is 35.9 Å². The van der Waals surface area contributed by atoms with Crippen LogP contribution >= 0.6 is 19.3 Å². The lowest BCUT2D eigenvalue weighted by molar-refractivity contribution is -0.149. The molecule has 43 heavy (non-hydrogen) atoms. The van der Waals surface area contributed by atoms with Crippen molar-refractivity contribution in [2.45, 2.75) is 63.9 Å². The number of aliphatic hydroxyl groups is 1. The number of nitrogens with two attached hydrogens (primary N) is 1. The average molecular weight is 644 g/mol. The summed E-state index contributed by atoms with van der Waals surface area (Å²) in [6.07, 6.45) is -4.46. The van der Waals surface area contributed by atoms with Crippen LogP contribution in [0.5, 0.6) is 5.75 Å². The van der Waals surface area contributed by atoms with E-state index in [-0.39, 0.29) is 17.3 Å². The summed E-state index contributed by atoms with van der Waals surface area (Å²) in [7, 11) is -2.59. The lowest BCUT2D eigenvalue weighted by atomic mass is 9.99. The van der Waals surface area contributed by atoms with Gasteiger partial charge in [-0.1, -0.05) is 18.2 Å². The first-order valence-electron chi connectivity index (χ1n) is 13.6. The lowest BCUT2D eigenvalue weighted by Gasteiger charge is -2.31. The van der Waals surface area contributed by atoms with Crippen molar-refractivity contribution in [2.24, 2.45) is 0 Å². The number of hydrogen-bond acceptors (Lipinski definition) is 12. The van der Waals surface area contributed by atoms with E-state index in [0.717, 1.165) is 0 Å². The van der Waals surface area contributed by atoms with Crippen LogP contribution in [0, 0.1) is 0 Å². The quantitative estimate of drug-likeness (QED) is 0.141. The number of alkyl halides is 2. The van der Waals surface area contributed by atoms with Gasteiger partial charge < -0.3 is 29.7 Å². The number of para-hydroxylation sites is 1. The minimum atomic E-state index is -4.38. The van der Waals surface area contributed by atoms with Crippen LogP contribution < -0.4 is 20.2 Å². The Morgan fingerprint density at radius 3 is 2.65 bits per heavy atom. The monoisotopic (exact) mass is 643 g/mol. The first-order valence-corrected chi connectivity index (χ1v) is 15.7. The molecule has 2 aromatic heterocycles. The normalized spacial score (nSPS) is 24.2. The van der Waals surface area contributed by atoms with Gasteiger partial charge in [-0.25, -0.2) is 13.9 Å². The molecule has 4 rings (SSSR count). The maximum atomic E-state index is 15.8. The van der Waals surface area contributed by atoms with Crippen LogP contribution in [0.25, 0.3) is 11.2 Å². The lowest BCUT2D eigenvalue weighted by Crippen LogP contribution is -2.48. The molecule has 0 spiro atoms. The highest BCUT2D eigenvalue weighted by Gasteiger charge is 2.57. The Morgan fingerprint density at radius 1 is 1.33 bits per heavy atom. The number of imidazole rings is 1. The Balaban J connectivity index is 1.62. The molecule has 3 heterocycles. The van der Waals surface area contributed by atoms with Crippen LogP contribution in [0.2, 0.25) is 0 Å². The number of halogens is 2. The van der Waals surface area contributed by atoms with Crippen molar-refractivity contribution in [3.8, 4) is 5.75 Å². The molecule has 1 aliphatic rings. The predicted octanol–water partition coefficient (Wildman–Crippen LogP) is 3.20. The number of anilines is 2. The Bertz CT molecular complexity index is 1470. The van der Waals surface area contributed by atoms with Crippen LogP contribution in [0.15, 0.2) is 36.7 Å². The van der Waals surface area contributed by atoms with Gasteiger partial charge in [-0.2, -0.15) is 15.1 Å². The summed E-state index contributed by atoms with van der Waals surface area (Å²) in [6.45, 7) is 6.56. The minimum absolute atomic E-state index is 0.0689. The number of benzene rings is 1. The van der Waals surface area contributed by atoms with Gasteiger partial charge in [0.1, 0.15) is 23.5 Å². The SMILES string of the molecule is CCN(C)c1nc(N)nc2c1ncn2[C@@H]1O[C@](CCl)(CO[P@@](=O)(N[C@@H](C)C(=O)OC(C)C)Oc2ccccc2)[C@@H](O)[C@H]1F. The molecule has 1 fully saturated rings. The Hall–Kier alpha value is -3.07. The van der Waals surface area contributed by atoms with E-state index in [9.17, 15) is 14.5 Å². The number of fused-ring (bicyclic) bond motifs is 1. The number of rotatable bonds is 13. The molecule has 1 aromatic carbocycles. The maximum absolute atomic E-state index is 15.8. The van der Waals surface area contributed by atoms with E-state index in [0.29, 0.717) is 17.9 Å². The van der Waals surface area contributed by atoms with Crippen molar-refractivity contribution in [2.75, 3.05) is 36.7 Å². The van der Waals surface area contributed by atoms with Crippen LogP contribution in [-0.4, -0.2) is 86.7 Å². The summed E-state index contributed by atoms with van der Waals surface area (Å²) in [5.41, 5.74) is 4.55. The van der Waals surface area contributed by atoms with Crippen molar-refractivity contribution in [1.82, 2.24) is 24.6 Å². The number of carbonyl (C=O) groups is 1. The zero-order valence-electron chi connectivity index (χ0n) is 24.4. The molecule has 0 unspecified atom stereocenters. The number of nitrogens with zero attached hydrogens (tertiary/aromatic N) is 5. The standard InChI is InChI=1S/C26H36ClFN7O7P/c1-6-34(5)21-19-22(32-25(29)31-21)35(14-30-19)23-18(28)20(36)26(12-27,41-23)13-39-43(38,42-17-10-8-7-9-11-17)33-16(4)24(37)40-15(2)3/h7-11,14-16,18,20,23,36H,6,12-13H2,1-5H3,(H,33,38)(H2,29,31,32)/t16-,18+,20-,23+,26+,43-/m0/s1. The number of hydrogen-bond donors (Lipinski definition) is 3. The summed E-state index contributed by atoms with van der Waals surface area (Å²) in [5, 5.41) is 13.6. The number of aliphatic hydroxyl groups excluding tert-OH is 1. The molecule has 14 nitrogen and oxygen atoms in total. The molecule has 17 heteroatoms. The molecule has 1 aliphatic heterocycles. The first kappa shape index (κ1) is 32.8. The maximum Gasteiger partial charge on any atom is 0.459 e. The summed E-state index contributed by atoms with van der Waals surface area (Å²) in [4.78, 5) is 27.1. The predicted molar refractivity (Wildman–Crippen MR) is 158 cm³/mol. The second-order valence-electron chi connectivity index (χ2n) is 10.4. The first-order chi connectivity index (χ1) is 20.3. The van der Waals surface area contributed by atoms with Crippen molar-refractivity contribution >= 4 is 48.2 Å². The fourth-order valence-corrected chi connectivity index (χ4v) is 6.19. The largest absolute Gasteiger partial charge is 0.462 e. The third-order valence-electron chi connectivity index (χ3n) is 6.73. The summed E-state index contributed by atoms with van der Waals surface area (Å²) >= 11 is 6.25. The fraction of sp³-hybridized carbons (Fsp3) is 0.538. The van der Waals surface area contributed by atoms with E-state index in [1.165, 1.54) is 30.0 Å². The number of nitrogens with one attached hydrogen (secondary N) is 1. The van der Waals surface area contributed by atoms with Gasteiger partial charge in [0.15, 0.2) is 29.4 Å². The van der Waals surface area contributed by atoms with Gasteiger partial charge >= 0.3 is 13.7 Å². The second kappa shape index (κ2) is 13.3. The molecule has 0 amide bonds. The third kappa shape index (κ3) is 7.03. The molecule has 6 atom stereocenters. The molecule has 0 aliphatic carbocycles. The molecular weight excluding hydrogens is 608 g/mol. The smallest absolute Gasteiger partial charge is 0.459 e. The van der Waals surface area contributed by atoms with E-state index >= 15 is 4.39 Å². The zero-order chi connectivity index (χ0) is 31.5. The number of carbonyl (C=O) groups excluding carboxylic acids is 1. The highest BCUT2D eigenvalue weighted by atomic mass is 35.5. The number of aromatic nitrogens is 4. The topological polar surface area (TPSA) is 176 Å². The van der Waals surface area contributed by atoms with E-state index < -0.39 is 62.5 Å². The number of nitrogen functional groups attached to an aromatic ring is 1. The third-order valence-corrected chi connectivity index (χ3v) is 8.81. The van der Waals surface area contributed by atoms with E-state index in [1.54, 1.807) is 44.0 Å². The summed E-state index contributed by atoms with van der Waals surface area (Å²) < 4.78 is 53.6. The Morgan fingerprint density at radius 2 is 2.02 bits per heavy atom. The van der Waals surface area contributed by atoms with Crippen LogP contribution in [0.1, 0.15) is 33.9 Å². The minimum Gasteiger partial charge on any atom is -0.462 e. The van der Waals surface area contributed by atoms with Crippen LogP contribution in [-0.2, 0) is 23.4 Å². The molecule has 4 N–H and O–H groups in total. The molecule has 3 aromatic rings. The van der Waals surface area contributed by atoms with Crippen molar-refractivity contribution in [1.29, 1.82) is 0 Å². The molecular formula is C26H36ClFN7O7P. The second-order valence-corrected chi connectivity index (χ2v) is 12.3. The summed E-state index contributed by atoms with van der Waals surface area (Å²) in [5.74, 6) is -0.646. The fourth-order valence-electron chi connectivity index (χ4n) is 4.35. The van der Waals surface area contributed by atoms with Gasteiger partial charge in [0.25, 0.3) is 0 Å².